The summed E-state index contributed by atoms with van der Waals surface area (Å²) in [4.78, 5) is 8.19. The molecule has 1 aliphatic rings. The van der Waals surface area contributed by atoms with Gasteiger partial charge in [-0.3, -0.25) is 4.72 Å². The number of methoxy groups -OCH3 is 1. The first-order valence-corrected chi connectivity index (χ1v) is 12.6. The molecule has 3 aromatic carbocycles. The first-order valence-electron chi connectivity index (χ1n) is 10.8. The van der Waals surface area contributed by atoms with Crippen LogP contribution in [0, 0.1) is 11.6 Å². The standard InChI is InChI=1S/C25H19ClF2N4O3S/c1-35-16-6-2-13(3-7-16)24-23-17-12-21(32-36(33,34)22-9-5-15(27)11-19(22)28)18(26)10-14(17)4-8-20(23)30-25(29)31-24/h2-3,5-7,9-12,32H,4,8H2,1H3,(H2,29,30,31). The molecule has 4 aromatic rings. The highest BCUT2D eigenvalue weighted by Crippen LogP contribution is 2.43. The fourth-order valence-corrected chi connectivity index (χ4v) is 5.65. The average Bonchev–Trinajstić information content (AvgIpc) is 2.83. The molecule has 0 spiro atoms. The Morgan fingerprint density at radius 1 is 1.03 bits per heavy atom. The molecule has 11 heteroatoms. The molecular formula is C25H19ClF2N4O3S. The summed E-state index contributed by atoms with van der Waals surface area (Å²) in [7, 11) is -2.84. The van der Waals surface area contributed by atoms with Crippen molar-refractivity contribution >= 4 is 33.3 Å². The van der Waals surface area contributed by atoms with Crippen molar-refractivity contribution in [2.45, 2.75) is 17.7 Å². The molecule has 1 heterocycles. The first kappa shape index (κ1) is 24.0. The van der Waals surface area contributed by atoms with Gasteiger partial charge >= 0.3 is 0 Å². The normalized spacial score (nSPS) is 12.6. The Balaban J connectivity index is 1.64. The van der Waals surface area contributed by atoms with E-state index in [1.54, 1.807) is 31.4 Å². The molecule has 0 saturated carbocycles. The van der Waals surface area contributed by atoms with Gasteiger partial charge < -0.3 is 10.5 Å². The third kappa shape index (κ3) is 4.33. The zero-order chi connectivity index (χ0) is 25.6. The van der Waals surface area contributed by atoms with Crippen LogP contribution in [-0.4, -0.2) is 25.5 Å². The number of nitrogen functional groups attached to an aromatic ring is 1. The molecule has 0 saturated heterocycles. The van der Waals surface area contributed by atoms with Gasteiger partial charge in [0.1, 0.15) is 22.3 Å². The molecule has 0 bridgehead atoms. The number of hydrogen-bond acceptors (Lipinski definition) is 6. The maximum Gasteiger partial charge on any atom is 0.264 e. The Bertz CT molecular complexity index is 1610. The van der Waals surface area contributed by atoms with E-state index in [1.807, 2.05) is 12.1 Å². The molecule has 0 radical (unpaired) electrons. The van der Waals surface area contributed by atoms with Gasteiger partial charge in [-0.1, -0.05) is 11.6 Å². The van der Waals surface area contributed by atoms with Crippen molar-refractivity contribution in [1.82, 2.24) is 9.97 Å². The number of aromatic nitrogens is 2. The fraction of sp³-hybridized carbons (Fsp3) is 0.120. The lowest BCUT2D eigenvalue weighted by Crippen LogP contribution is -2.16. The Hall–Kier alpha value is -3.76. The molecule has 0 amide bonds. The molecule has 0 unspecified atom stereocenters. The second-order valence-corrected chi connectivity index (χ2v) is 10.2. The predicted molar refractivity (Wildman–Crippen MR) is 133 cm³/mol. The van der Waals surface area contributed by atoms with Gasteiger partial charge in [0.15, 0.2) is 0 Å². The number of aryl methyl sites for hydroxylation is 2. The van der Waals surface area contributed by atoms with Gasteiger partial charge in [0, 0.05) is 17.2 Å². The summed E-state index contributed by atoms with van der Waals surface area (Å²) in [5.74, 6) is -1.32. The lowest BCUT2D eigenvalue weighted by Gasteiger charge is -2.23. The van der Waals surface area contributed by atoms with Gasteiger partial charge in [-0.2, -0.15) is 0 Å². The minimum Gasteiger partial charge on any atom is -0.497 e. The van der Waals surface area contributed by atoms with E-state index in [2.05, 4.69) is 14.7 Å². The second kappa shape index (κ2) is 9.03. The zero-order valence-corrected chi connectivity index (χ0v) is 20.4. The molecule has 7 nitrogen and oxygen atoms in total. The van der Waals surface area contributed by atoms with E-state index < -0.39 is 26.6 Å². The van der Waals surface area contributed by atoms with Crippen LogP contribution in [-0.2, 0) is 22.9 Å². The SMILES string of the molecule is COc1ccc(-c2nc(N)nc3c2-c2cc(NS(=O)(=O)c4ccc(F)cc4F)c(Cl)cc2CC3)cc1. The molecule has 0 aliphatic heterocycles. The van der Waals surface area contributed by atoms with E-state index in [4.69, 9.17) is 22.1 Å². The van der Waals surface area contributed by atoms with Gasteiger partial charge in [-0.05, 0) is 72.5 Å². The van der Waals surface area contributed by atoms with E-state index in [0.717, 1.165) is 23.3 Å². The molecular weight excluding hydrogens is 510 g/mol. The van der Waals surface area contributed by atoms with Crippen molar-refractivity contribution in [3.63, 3.8) is 0 Å². The zero-order valence-electron chi connectivity index (χ0n) is 18.8. The third-order valence-electron chi connectivity index (χ3n) is 5.89. The average molecular weight is 529 g/mol. The molecule has 1 aromatic heterocycles. The number of nitrogens with zero attached hydrogens (tertiary/aromatic N) is 2. The second-order valence-electron chi connectivity index (χ2n) is 8.15. The summed E-state index contributed by atoms with van der Waals surface area (Å²) in [6.45, 7) is 0. The van der Waals surface area contributed by atoms with Crippen LogP contribution in [0.3, 0.4) is 0 Å². The van der Waals surface area contributed by atoms with E-state index in [0.29, 0.717) is 47.2 Å². The van der Waals surface area contributed by atoms with E-state index >= 15 is 0 Å². The summed E-state index contributed by atoms with van der Waals surface area (Å²) in [6, 6.07) is 12.7. The van der Waals surface area contributed by atoms with Crippen molar-refractivity contribution in [3.05, 3.63) is 82.5 Å². The van der Waals surface area contributed by atoms with Gasteiger partial charge in [-0.25, -0.2) is 27.2 Å². The lowest BCUT2D eigenvalue weighted by molar-refractivity contribution is 0.415. The van der Waals surface area contributed by atoms with Gasteiger partial charge in [0.05, 0.1) is 29.2 Å². The minimum atomic E-state index is -4.41. The highest BCUT2D eigenvalue weighted by Gasteiger charge is 2.27. The van der Waals surface area contributed by atoms with Crippen molar-refractivity contribution in [1.29, 1.82) is 0 Å². The van der Waals surface area contributed by atoms with E-state index in [9.17, 15) is 17.2 Å². The first-order chi connectivity index (χ1) is 17.2. The number of fused-ring (bicyclic) bond motifs is 3. The summed E-state index contributed by atoms with van der Waals surface area (Å²) < 4.78 is 60.9. The Labute approximate surface area is 211 Å². The molecule has 3 N–H and O–H groups in total. The summed E-state index contributed by atoms with van der Waals surface area (Å²) in [5, 5.41) is 0.130. The number of halogens is 3. The number of nitrogens with one attached hydrogen (secondary N) is 1. The molecule has 184 valence electrons. The summed E-state index contributed by atoms with van der Waals surface area (Å²) >= 11 is 6.42. The minimum absolute atomic E-state index is 0.0319. The molecule has 36 heavy (non-hydrogen) atoms. The van der Waals surface area contributed by atoms with Crippen LogP contribution in [0.25, 0.3) is 22.4 Å². The Morgan fingerprint density at radius 2 is 1.78 bits per heavy atom. The largest absolute Gasteiger partial charge is 0.497 e. The highest BCUT2D eigenvalue weighted by atomic mass is 35.5. The Kier molecular flexibility index (Phi) is 6.01. The van der Waals surface area contributed by atoms with Crippen molar-refractivity contribution in [2.24, 2.45) is 0 Å². The summed E-state index contributed by atoms with van der Waals surface area (Å²) in [6.07, 6.45) is 1.18. The number of hydrogen-bond donors (Lipinski definition) is 2. The van der Waals surface area contributed by atoms with Crippen LogP contribution in [0.5, 0.6) is 5.75 Å². The van der Waals surface area contributed by atoms with Crippen LogP contribution in [0.15, 0.2) is 59.5 Å². The lowest BCUT2D eigenvalue weighted by atomic mass is 9.85. The number of anilines is 2. The number of ether oxygens (including phenoxy) is 1. The van der Waals surface area contributed by atoms with Crippen LogP contribution < -0.4 is 15.2 Å². The van der Waals surface area contributed by atoms with Gasteiger partial charge in [-0.15, -0.1) is 0 Å². The van der Waals surface area contributed by atoms with Crippen LogP contribution in [0.1, 0.15) is 11.3 Å². The third-order valence-corrected chi connectivity index (χ3v) is 7.60. The predicted octanol–water partition coefficient (Wildman–Crippen LogP) is 5.23. The molecule has 0 atom stereocenters. The topological polar surface area (TPSA) is 107 Å². The van der Waals surface area contributed by atoms with Crippen molar-refractivity contribution in [3.8, 4) is 28.1 Å². The maximum absolute atomic E-state index is 14.2. The van der Waals surface area contributed by atoms with Crippen molar-refractivity contribution in [2.75, 3.05) is 17.6 Å². The number of rotatable bonds is 5. The number of sulfonamides is 1. The molecule has 5 rings (SSSR count). The number of nitrogens with two attached hydrogens (primary N) is 1. The highest BCUT2D eigenvalue weighted by molar-refractivity contribution is 7.92. The molecule has 0 fully saturated rings. The monoisotopic (exact) mass is 528 g/mol. The van der Waals surface area contributed by atoms with Crippen molar-refractivity contribution < 1.29 is 21.9 Å². The fourth-order valence-electron chi connectivity index (χ4n) is 4.23. The van der Waals surface area contributed by atoms with E-state index in [-0.39, 0.29) is 16.7 Å². The Morgan fingerprint density at radius 3 is 2.47 bits per heavy atom. The van der Waals surface area contributed by atoms with Crippen LogP contribution >= 0.6 is 11.6 Å². The summed E-state index contributed by atoms with van der Waals surface area (Å²) in [5.41, 5.74) is 10.3. The van der Waals surface area contributed by atoms with E-state index in [1.165, 1.54) is 0 Å². The smallest absolute Gasteiger partial charge is 0.264 e. The quantitative estimate of drug-likeness (QED) is 0.367. The van der Waals surface area contributed by atoms with Crippen LogP contribution in [0.2, 0.25) is 5.02 Å². The maximum atomic E-state index is 14.2. The van der Waals surface area contributed by atoms with Gasteiger partial charge in [0.2, 0.25) is 5.95 Å². The van der Waals surface area contributed by atoms with Crippen LogP contribution in [0.4, 0.5) is 20.4 Å². The molecule has 1 aliphatic carbocycles. The number of benzene rings is 3. The van der Waals surface area contributed by atoms with Gasteiger partial charge in [0.25, 0.3) is 10.0 Å².